The van der Waals surface area contributed by atoms with E-state index in [1.807, 2.05) is 12.3 Å². The number of aliphatic hydroxyl groups excluding tert-OH is 1. The lowest BCUT2D eigenvalue weighted by Gasteiger charge is -2.29. The minimum atomic E-state index is -0.301. The van der Waals surface area contributed by atoms with E-state index in [9.17, 15) is 14.7 Å². The van der Waals surface area contributed by atoms with Crippen molar-refractivity contribution in [3.8, 4) is 0 Å². The molecule has 0 saturated heterocycles. The first kappa shape index (κ1) is 24.3. The summed E-state index contributed by atoms with van der Waals surface area (Å²) in [4.78, 5) is 30.8. The summed E-state index contributed by atoms with van der Waals surface area (Å²) in [5.41, 5.74) is 0.782. The van der Waals surface area contributed by atoms with Crippen molar-refractivity contribution in [2.45, 2.75) is 50.7 Å². The predicted molar refractivity (Wildman–Crippen MR) is 136 cm³/mol. The summed E-state index contributed by atoms with van der Waals surface area (Å²) < 4.78 is 8.81. The third kappa shape index (κ3) is 4.68. The molecule has 0 spiro atoms. The lowest BCUT2D eigenvalue weighted by molar-refractivity contribution is 0.0580. The lowest BCUT2D eigenvalue weighted by atomic mass is 9.92. The molecule has 36 heavy (non-hydrogen) atoms. The highest BCUT2D eigenvalue weighted by molar-refractivity contribution is 6.00. The third-order valence-electron chi connectivity index (χ3n) is 7.50. The molecule has 0 radical (unpaired) electrons. The Morgan fingerprint density at radius 1 is 1.28 bits per heavy atom. The van der Waals surface area contributed by atoms with E-state index < -0.39 is 0 Å². The molecule has 1 amide bonds. The predicted octanol–water partition coefficient (Wildman–Crippen LogP) is 2.31. The fraction of sp³-hybridized carbons (Fsp3) is 0.520. The second-order valence-corrected chi connectivity index (χ2v) is 9.84. The molecule has 2 aliphatic carbocycles. The molecule has 5 rings (SSSR count). The Balaban J connectivity index is 1.40. The van der Waals surface area contributed by atoms with Crippen LogP contribution in [0.3, 0.4) is 0 Å². The molecule has 0 atom stereocenters. The molecule has 3 heterocycles. The van der Waals surface area contributed by atoms with E-state index in [1.54, 1.807) is 35.4 Å². The fourth-order valence-corrected chi connectivity index (χ4v) is 4.89. The minimum Gasteiger partial charge on any atom is -0.396 e. The smallest absolute Gasteiger partial charge is 0.274 e. The van der Waals surface area contributed by atoms with Crippen molar-refractivity contribution in [3.05, 3.63) is 46.5 Å². The van der Waals surface area contributed by atoms with Gasteiger partial charge in [0.25, 0.3) is 11.5 Å². The summed E-state index contributed by atoms with van der Waals surface area (Å²) in [6, 6.07) is 5.47. The number of hydrogen-bond donors (Lipinski definition) is 4. The molecule has 0 aliphatic heterocycles. The van der Waals surface area contributed by atoms with Crippen molar-refractivity contribution in [1.29, 1.82) is 0 Å². The molecule has 2 fully saturated rings. The molecule has 11 heteroatoms. The zero-order valence-electron chi connectivity index (χ0n) is 20.7. The highest BCUT2D eigenvalue weighted by atomic mass is 16.5. The van der Waals surface area contributed by atoms with Gasteiger partial charge in [0.1, 0.15) is 22.9 Å². The van der Waals surface area contributed by atoms with E-state index in [0.717, 1.165) is 38.5 Å². The fourth-order valence-electron chi connectivity index (χ4n) is 4.89. The average Bonchev–Trinajstić information content (AvgIpc) is 3.58. The van der Waals surface area contributed by atoms with Gasteiger partial charge in [0.15, 0.2) is 5.65 Å². The second-order valence-electron chi connectivity index (χ2n) is 9.84. The van der Waals surface area contributed by atoms with Gasteiger partial charge in [-0.2, -0.15) is 9.61 Å². The minimum absolute atomic E-state index is 0.0562. The zero-order valence-corrected chi connectivity index (χ0v) is 20.7. The summed E-state index contributed by atoms with van der Waals surface area (Å²) in [7, 11) is 3.49. The molecule has 0 unspecified atom stereocenters. The van der Waals surface area contributed by atoms with Crippen LogP contribution in [0.15, 0.2) is 35.4 Å². The van der Waals surface area contributed by atoms with Crippen molar-refractivity contribution < 1.29 is 14.6 Å². The maximum Gasteiger partial charge on any atom is 0.274 e. The Morgan fingerprint density at radius 3 is 2.72 bits per heavy atom. The SMILES string of the molecule is CNc1cc(Nc2cccn([C@H]3CC[C@H](OC)CC3)c2=O)nc2c(C(=O)NCC3(CO)CC3)cnn12. The first-order chi connectivity index (χ1) is 17.5. The van der Waals surface area contributed by atoms with E-state index in [2.05, 4.69) is 26.0 Å². The molecule has 0 aromatic carbocycles. The maximum absolute atomic E-state index is 13.3. The van der Waals surface area contributed by atoms with Crippen LogP contribution in [-0.2, 0) is 4.74 Å². The van der Waals surface area contributed by atoms with Gasteiger partial charge in [0.2, 0.25) is 0 Å². The number of methoxy groups -OCH3 is 1. The van der Waals surface area contributed by atoms with E-state index >= 15 is 0 Å². The Hall–Kier alpha value is -3.44. The van der Waals surface area contributed by atoms with Gasteiger partial charge in [-0.3, -0.25) is 9.59 Å². The molecule has 2 saturated carbocycles. The van der Waals surface area contributed by atoms with Crippen LogP contribution in [-0.4, -0.2) is 63.6 Å². The molecule has 3 aromatic rings. The number of amides is 1. The van der Waals surface area contributed by atoms with Crippen LogP contribution in [0.25, 0.3) is 5.65 Å². The number of nitrogens with one attached hydrogen (secondary N) is 3. The number of rotatable bonds is 9. The topological polar surface area (TPSA) is 135 Å². The average molecular weight is 496 g/mol. The molecule has 11 nitrogen and oxygen atoms in total. The Labute approximate surface area is 208 Å². The maximum atomic E-state index is 13.3. The van der Waals surface area contributed by atoms with Crippen LogP contribution in [0.4, 0.5) is 17.3 Å². The van der Waals surface area contributed by atoms with Gasteiger partial charge < -0.3 is 30.4 Å². The first-order valence-electron chi connectivity index (χ1n) is 12.4. The standard InChI is InChI=1S/C25H33N7O4/c1-26-21-12-20(29-19-4-3-11-31(24(19)35)16-5-7-17(36-2)8-6-16)30-22-18(13-28-32(21)22)23(34)27-14-25(15-33)9-10-25/h3-4,11-13,16-17,26,33H,5-10,14-15H2,1-2H3,(H,27,34)(H,29,30)/t16-,17-. The molecule has 4 N–H and O–H groups in total. The van der Waals surface area contributed by atoms with Crippen molar-refractivity contribution in [3.63, 3.8) is 0 Å². The number of carbonyl (C=O) groups is 1. The molecule has 192 valence electrons. The molecular formula is C25H33N7O4. The number of fused-ring (bicyclic) bond motifs is 1. The number of aliphatic hydroxyl groups is 1. The summed E-state index contributed by atoms with van der Waals surface area (Å²) >= 11 is 0. The van der Waals surface area contributed by atoms with Crippen LogP contribution >= 0.6 is 0 Å². The number of hydrogen-bond acceptors (Lipinski definition) is 8. The quantitative estimate of drug-likeness (QED) is 0.355. The third-order valence-corrected chi connectivity index (χ3v) is 7.50. The molecule has 0 bridgehead atoms. The number of anilines is 3. The molecule has 3 aromatic heterocycles. The van der Waals surface area contributed by atoms with Crippen molar-refractivity contribution in [2.75, 3.05) is 37.9 Å². The lowest BCUT2D eigenvalue weighted by Crippen LogP contribution is -2.31. The summed E-state index contributed by atoms with van der Waals surface area (Å²) in [6.45, 7) is 0.465. The Bertz CT molecular complexity index is 1310. The van der Waals surface area contributed by atoms with Crippen molar-refractivity contribution in [1.82, 2.24) is 24.5 Å². The van der Waals surface area contributed by atoms with Gasteiger partial charge in [-0.1, -0.05) is 0 Å². The van der Waals surface area contributed by atoms with Crippen LogP contribution in [0, 0.1) is 5.41 Å². The monoisotopic (exact) mass is 495 g/mol. The highest BCUT2D eigenvalue weighted by Gasteiger charge is 2.42. The van der Waals surface area contributed by atoms with Gasteiger partial charge in [0, 0.05) is 44.4 Å². The van der Waals surface area contributed by atoms with E-state index in [0.29, 0.717) is 35.1 Å². The molecule has 2 aliphatic rings. The Kier molecular flexibility index (Phi) is 6.67. The zero-order chi connectivity index (χ0) is 25.3. The van der Waals surface area contributed by atoms with E-state index in [-0.39, 0.29) is 35.6 Å². The molecular weight excluding hydrogens is 462 g/mol. The van der Waals surface area contributed by atoms with Gasteiger partial charge in [-0.05, 0) is 50.7 Å². The van der Waals surface area contributed by atoms with E-state index in [4.69, 9.17) is 4.74 Å². The van der Waals surface area contributed by atoms with Crippen molar-refractivity contribution >= 4 is 28.9 Å². The summed E-state index contributed by atoms with van der Waals surface area (Å²) in [5, 5.41) is 23.0. The van der Waals surface area contributed by atoms with Crippen LogP contribution in [0.1, 0.15) is 54.9 Å². The van der Waals surface area contributed by atoms with Gasteiger partial charge in [-0.25, -0.2) is 4.98 Å². The largest absolute Gasteiger partial charge is 0.396 e. The van der Waals surface area contributed by atoms with Gasteiger partial charge in [-0.15, -0.1) is 0 Å². The number of nitrogens with zero attached hydrogens (tertiary/aromatic N) is 4. The van der Waals surface area contributed by atoms with Crippen LogP contribution < -0.4 is 21.5 Å². The van der Waals surface area contributed by atoms with Crippen LogP contribution in [0.5, 0.6) is 0 Å². The van der Waals surface area contributed by atoms with Gasteiger partial charge >= 0.3 is 0 Å². The summed E-state index contributed by atoms with van der Waals surface area (Å²) in [6.07, 6.45) is 9.01. The number of carbonyl (C=O) groups excluding carboxylic acids is 1. The highest BCUT2D eigenvalue weighted by Crippen LogP contribution is 2.44. The van der Waals surface area contributed by atoms with Gasteiger partial charge in [0.05, 0.1) is 18.9 Å². The normalized spacial score (nSPS) is 20.8. The number of ether oxygens (including phenoxy) is 1. The van der Waals surface area contributed by atoms with Crippen LogP contribution in [0.2, 0.25) is 0 Å². The summed E-state index contributed by atoms with van der Waals surface area (Å²) in [5.74, 6) is 0.739. The number of aromatic nitrogens is 4. The van der Waals surface area contributed by atoms with Crippen molar-refractivity contribution in [2.24, 2.45) is 5.41 Å². The first-order valence-corrected chi connectivity index (χ1v) is 12.4. The van der Waals surface area contributed by atoms with E-state index in [1.165, 1.54) is 6.20 Å². The Morgan fingerprint density at radius 2 is 2.06 bits per heavy atom. The second kappa shape index (κ2) is 9.90. The number of pyridine rings is 1.